The molecule has 0 radical (unpaired) electrons. The molecule has 1 N–H and O–H groups in total. The summed E-state index contributed by atoms with van der Waals surface area (Å²) in [5, 5.41) is 3.01. The molecule has 0 unspecified atom stereocenters. The van der Waals surface area contributed by atoms with Crippen molar-refractivity contribution < 1.29 is 9.53 Å². The maximum Gasteiger partial charge on any atom is 0.255 e. The van der Waals surface area contributed by atoms with E-state index in [1.807, 2.05) is 43.3 Å². The molecule has 0 aliphatic carbocycles. The summed E-state index contributed by atoms with van der Waals surface area (Å²) >= 11 is 3.43. The molecule has 0 spiro atoms. The van der Waals surface area contributed by atoms with Gasteiger partial charge in [0.15, 0.2) is 0 Å². The van der Waals surface area contributed by atoms with Gasteiger partial charge in [-0.2, -0.15) is 0 Å². The molecule has 0 bridgehead atoms. The standard InChI is InChI=1S/C20H24BrN3O2/c1-14-12-15(21)4-6-17(14)20(25)22-16-5-7-19(26-3)18(13-16)24-10-8-23(2)9-11-24/h4-7,12-13H,8-11H2,1-3H3,(H,22,25). The Morgan fingerprint density at radius 2 is 1.85 bits per heavy atom. The van der Waals surface area contributed by atoms with Gasteiger partial charge in [-0.1, -0.05) is 15.9 Å². The van der Waals surface area contributed by atoms with Gasteiger partial charge in [-0.25, -0.2) is 0 Å². The van der Waals surface area contributed by atoms with Crippen molar-refractivity contribution in [1.82, 2.24) is 4.90 Å². The van der Waals surface area contributed by atoms with Gasteiger partial charge in [0.05, 0.1) is 12.8 Å². The minimum atomic E-state index is -0.107. The van der Waals surface area contributed by atoms with Crippen LogP contribution in [0.5, 0.6) is 5.75 Å². The third-order valence-electron chi connectivity index (χ3n) is 4.71. The predicted molar refractivity (Wildman–Crippen MR) is 110 cm³/mol. The van der Waals surface area contributed by atoms with E-state index in [2.05, 4.69) is 38.1 Å². The molecule has 3 rings (SSSR count). The average molecular weight is 418 g/mol. The van der Waals surface area contributed by atoms with Crippen molar-refractivity contribution in [3.8, 4) is 5.75 Å². The van der Waals surface area contributed by atoms with Crippen LogP contribution in [-0.4, -0.2) is 51.1 Å². The second kappa shape index (κ2) is 8.10. The topological polar surface area (TPSA) is 44.8 Å². The molecule has 1 amide bonds. The molecule has 26 heavy (non-hydrogen) atoms. The second-order valence-corrected chi connectivity index (χ2v) is 7.51. The number of aryl methyl sites for hydroxylation is 1. The quantitative estimate of drug-likeness (QED) is 0.821. The van der Waals surface area contributed by atoms with E-state index in [4.69, 9.17) is 4.74 Å². The van der Waals surface area contributed by atoms with E-state index in [1.165, 1.54) is 0 Å². The fourth-order valence-electron chi connectivity index (χ4n) is 3.14. The lowest BCUT2D eigenvalue weighted by molar-refractivity contribution is 0.102. The summed E-state index contributed by atoms with van der Waals surface area (Å²) in [6, 6.07) is 11.4. The zero-order chi connectivity index (χ0) is 18.7. The van der Waals surface area contributed by atoms with Crippen molar-refractivity contribution in [2.75, 3.05) is 50.6 Å². The number of piperazine rings is 1. The molecule has 1 heterocycles. The summed E-state index contributed by atoms with van der Waals surface area (Å²) < 4.78 is 6.50. The van der Waals surface area contributed by atoms with Crippen LogP contribution in [0.25, 0.3) is 0 Å². The van der Waals surface area contributed by atoms with Gasteiger partial charge in [-0.15, -0.1) is 0 Å². The van der Waals surface area contributed by atoms with E-state index in [1.54, 1.807) is 7.11 Å². The largest absolute Gasteiger partial charge is 0.495 e. The number of benzene rings is 2. The number of hydrogen-bond acceptors (Lipinski definition) is 4. The molecule has 1 aliphatic rings. The van der Waals surface area contributed by atoms with Crippen LogP contribution < -0.4 is 15.0 Å². The average Bonchev–Trinajstić information content (AvgIpc) is 2.62. The van der Waals surface area contributed by atoms with Crippen molar-refractivity contribution >= 4 is 33.2 Å². The fourth-order valence-corrected chi connectivity index (χ4v) is 3.62. The van der Waals surface area contributed by atoms with Crippen LogP contribution in [0.15, 0.2) is 40.9 Å². The third-order valence-corrected chi connectivity index (χ3v) is 5.21. The lowest BCUT2D eigenvalue weighted by atomic mass is 10.1. The number of nitrogens with zero attached hydrogens (tertiary/aromatic N) is 2. The van der Waals surface area contributed by atoms with E-state index in [9.17, 15) is 4.79 Å². The SMILES string of the molecule is COc1ccc(NC(=O)c2ccc(Br)cc2C)cc1N1CCN(C)CC1. The van der Waals surface area contributed by atoms with Crippen molar-refractivity contribution in [3.63, 3.8) is 0 Å². The van der Waals surface area contributed by atoms with Gasteiger partial charge in [0.1, 0.15) is 5.75 Å². The summed E-state index contributed by atoms with van der Waals surface area (Å²) in [6.07, 6.45) is 0. The maximum absolute atomic E-state index is 12.7. The Labute approximate surface area is 163 Å². The third kappa shape index (κ3) is 4.19. The van der Waals surface area contributed by atoms with Gasteiger partial charge in [0, 0.05) is 41.9 Å². The zero-order valence-corrected chi connectivity index (χ0v) is 17.0. The molecule has 2 aromatic rings. The highest BCUT2D eigenvalue weighted by atomic mass is 79.9. The molecular weight excluding hydrogens is 394 g/mol. The summed E-state index contributed by atoms with van der Waals surface area (Å²) in [4.78, 5) is 17.3. The van der Waals surface area contributed by atoms with Gasteiger partial charge >= 0.3 is 0 Å². The van der Waals surface area contributed by atoms with E-state index in [-0.39, 0.29) is 5.91 Å². The zero-order valence-electron chi connectivity index (χ0n) is 15.4. The molecule has 1 aliphatic heterocycles. The molecule has 1 fully saturated rings. The first-order valence-corrected chi connectivity index (χ1v) is 9.46. The number of nitrogens with one attached hydrogen (secondary N) is 1. The Morgan fingerprint density at radius 3 is 2.50 bits per heavy atom. The minimum absolute atomic E-state index is 0.107. The number of anilines is 2. The van der Waals surface area contributed by atoms with Crippen molar-refractivity contribution in [1.29, 1.82) is 0 Å². The van der Waals surface area contributed by atoms with Crippen molar-refractivity contribution in [2.24, 2.45) is 0 Å². The molecule has 0 aromatic heterocycles. The first-order valence-electron chi connectivity index (χ1n) is 8.67. The van der Waals surface area contributed by atoms with Gasteiger partial charge in [0.25, 0.3) is 5.91 Å². The van der Waals surface area contributed by atoms with Crippen LogP contribution in [0.1, 0.15) is 15.9 Å². The van der Waals surface area contributed by atoms with E-state index in [0.29, 0.717) is 5.56 Å². The van der Waals surface area contributed by atoms with Crippen LogP contribution in [0.2, 0.25) is 0 Å². The molecule has 0 atom stereocenters. The van der Waals surface area contributed by atoms with Crippen LogP contribution >= 0.6 is 15.9 Å². The molecule has 138 valence electrons. The smallest absolute Gasteiger partial charge is 0.255 e. The summed E-state index contributed by atoms with van der Waals surface area (Å²) in [5.74, 6) is 0.719. The molecule has 1 saturated heterocycles. The van der Waals surface area contributed by atoms with Gasteiger partial charge in [-0.3, -0.25) is 4.79 Å². The van der Waals surface area contributed by atoms with E-state index >= 15 is 0 Å². The number of hydrogen-bond donors (Lipinski definition) is 1. The summed E-state index contributed by atoms with van der Waals surface area (Å²) in [7, 11) is 3.81. The maximum atomic E-state index is 12.7. The number of halogens is 1. The highest BCUT2D eigenvalue weighted by Crippen LogP contribution is 2.32. The summed E-state index contributed by atoms with van der Waals surface area (Å²) in [5.41, 5.74) is 3.40. The predicted octanol–water partition coefficient (Wildman–Crippen LogP) is 3.77. The number of ether oxygens (including phenoxy) is 1. The van der Waals surface area contributed by atoms with E-state index in [0.717, 1.165) is 53.3 Å². The first kappa shape index (κ1) is 18.7. The van der Waals surface area contributed by atoms with Crippen molar-refractivity contribution in [3.05, 3.63) is 52.0 Å². The Balaban J connectivity index is 1.82. The normalized spacial score (nSPS) is 15.0. The van der Waals surface area contributed by atoms with Crippen molar-refractivity contribution in [2.45, 2.75) is 6.92 Å². The first-order chi connectivity index (χ1) is 12.5. The number of amides is 1. The number of carbonyl (C=O) groups excluding carboxylic acids is 1. The molecule has 6 heteroatoms. The second-order valence-electron chi connectivity index (χ2n) is 6.59. The van der Waals surface area contributed by atoms with Crippen LogP contribution in [0, 0.1) is 6.92 Å². The number of rotatable bonds is 4. The van der Waals surface area contributed by atoms with Crippen LogP contribution in [-0.2, 0) is 0 Å². The molecule has 5 nitrogen and oxygen atoms in total. The Kier molecular flexibility index (Phi) is 5.84. The highest BCUT2D eigenvalue weighted by molar-refractivity contribution is 9.10. The van der Waals surface area contributed by atoms with Gasteiger partial charge in [-0.05, 0) is 55.9 Å². The molecule has 2 aromatic carbocycles. The lowest BCUT2D eigenvalue weighted by Crippen LogP contribution is -2.44. The lowest BCUT2D eigenvalue weighted by Gasteiger charge is -2.35. The fraction of sp³-hybridized carbons (Fsp3) is 0.350. The minimum Gasteiger partial charge on any atom is -0.495 e. The van der Waals surface area contributed by atoms with Crippen LogP contribution in [0.4, 0.5) is 11.4 Å². The highest BCUT2D eigenvalue weighted by Gasteiger charge is 2.19. The van der Waals surface area contributed by atoms with Gasteiger partial charge < -0.3 is 19.9 Å². The Hall–Kier alpha value is -2.05. The number of carbonyl (C=O) groups is 1. The Bertz CT molecular complexity index is 802. The monoisotopic (exact) mass is 417 g/mol. The van der Waals surface area contributed by atoms with Gasteiger partial charge in [0.2, 0.25) is 0 Å². The number of methoxy groups -OCH3 is 1. The Morgan fingerprint density at radius 1 is 1.12 bits per heavy atom. The van der Waals surface area contributed by atoms with Crippen LogP contribution in [0.3, 0.4) is 0 Å². The molecular formula is C20H24BrN3O2. The summed E-state index contributed by atoms with van der Waals surface area (Å²) in [6.45, 7) is 5.84. The molecule has 0 saturated carbocycles. The number of likely N-dealkylation sites (N-methyl/N-ethyl adjacent to an activating group) is 1. The van der Waals surface area contributed by atoms with E-state index < -0.39 is 0 Å².